The number of carbonyl (C=O) groups is 1. The highest BCUT2D eigenvalue weighted by molar-refractivity contribution is 5.92. The fourth-order valence-corrected chi connectivity index (χ4v) is 2.48. The lowest BCUT2D eigenvalue weighted by molar-refractivity contribution is -0.115. The number of nitrogens with two attached hydrogens (primary N) is 1. The van der Waals surface area contributed by atoms with Gasteiger partial charge in [-0.25, -0.2) is 13.9 Å². The number of halogens is 4. The fraction of sp³-hybridized carbons (Fsp3) is 0.188. The Morgan fingerprint density at radius 2 is 2.00 bits per heavy atom. The summed E-state index contributed by atoms with van der Waals surface area (Å²) < 4.78 is 52.3. The third kappa shape index (κ3) is 4.25. The Kier molecular flexibility index (Phi) is 4.60. The van der Waals surface area contributed by atoms with Crippen molar-refractivity contribution in [3.63, 3.8) is 0 Å². The number of hydrogen-bond acceptors (Lipinski definition) is 5. The zero-order valence-corrected chi connectivity index (χ0v) is 13.9. The SMILES string of the molecule is Cc1cc(F)cc(Nc2cc(NCC(F)(F)F)c3ncc(C(N)=O)n3n2)c1. The van der Waals surface area contributed by atoms with Crippen molar-refractivity contribution in [2.24, 2.45) is 5.73 Å². The fourth-order valence-electron chi connectivity index (χ4n) is 2.48. The minimum Gasteiger partial charge on any atom is -0.373 e. The minimum atomic E-state index is -4.47. The molecule has 0 unspecified atom stereocenters. The van der Waals surface area contributed by atoms with E-state index < -0.39 is 24.4 Å². The number of alkyl halides is 3. The Hall–Kier alpha value is -3.37. The molecule has 142 valence electrons. The molecule has 1 amide bonds. The molecule has 11 heteroatoms. The summed E-state index contributed by atoms with van der Waals surface area (Å²) in [6, 6.07) is 5.42. The van der Waals surface area contributed by atoms with Crippen LogP contribution in [0.25, 0.3) is 5.65 Å². The largest absolute Gasteiger partial charge is 0.405 e. The molecule has 0 fully saturated rings. The molecule has 0 atom stereocenters. The predicted molar refractivity (Wildman–Crippen MR) is 90.5 cm³/mol. The van der Waals surface area contributed by atoms with Crippen LogP contribution in [-0.4, -0.2) is 33.2 Å². The van der Waals surface area contributed by atoms with Gasteiger partial charge in [0.15, 0.2) is 11.5 Å². The maximum Gasteiger partial charge on any atom is 0.405 e. The second-order valence-corrected chi connectivity index (χ2v) is 5.80. The van der Waals surface area contributed by atoms with Crippen molar-refractivity contribution in [2.45, 2.75) is 13.1 Å². The zero-order chi connectivity index (χ0) is 19.8. The Labute approximate surface area is 150 Å². The number of aryl methyl sites for hydroxylation is 1. The number of anilines is 3. The molecule has 0 saturated heterocycles. The summed E-state index contributed by atoms with van der Waals surface area (Å²) in [5, 5.41) is 9.13. The standard InChI is InChI=1S/C16H14F4N6O/c1-8-2-9(17)4-10(3-8)24-13-5-11(23-7-16(18,19)20)15-22-6-12(14(21)27)26(15)25-13/h2-6,23H,7H2,1H3,(H2,21,27)(H,24,25). The van der Waals surface area contributed by atoms with E-state index in [9.17, 15) is 22.4 Å². The monoisotopic (exact) mass is 382 g/mol. The number of hydrogen-bond donors (Lipinski definition) is 3. The van der Waals surface area contributed by atoms with Crippen LogP contribution in [-0.2, 0) is 0 Å². The Morgan fingerprint density at radius 1 is 1.26 bits per heavy atom. The summed E-state index contributed by atoms with van der Waals surface area (Å²) in [5.41, 5.74) is 6.08. The average molecular weight is 382 g/mol. The van der Waals surface area contributed by atoms with Gasteiger partial charge in [0.2, 0.25) is 0 Å². The van der Waals surface area contributed by atoms with Gasteiger partial charge >= 0.3 is 6.18 Å². The molecular weight excluding hydrogens is 368 g/mol. The van der Waals surface area contributed by atoms with Crippen molar-refractivity contribution in [3.05, 3.63) is 47.5 Å². The summed E-state index contributed by atoms with van der Waals surface area (Å²) in [5.74, 6) is -1.28. The van der Waals surface area contributed by atoms with Crippen molar-refractivity contribution in [3.8, 4) is 0 Å². The van der Waals surface area contributed by atoms with Gasteiger partial charge in [0.05, 0.1) is 11.9 Å². The van der Waals surface area contributed by atoms with Gasteiger partial charge in [-0.2, -0.15) is 13.2 Å². The highest BCUT2D eigenvalue weighted by atomic mass is 19.4. The number of imidazole rings is 1. The Bertz CT molecular complexity index is 994. The molecule has 0 aliphatic rings. The number of primary amides is 1. The predicted octanol–water partition coefficient (Wildman–Crippen LogP) is 2.99. The third-order valence-corrected chi connectivity index (χ3v) is 3.51. The number of benzene rings is 1. The summed E-state index contributed by atoms with van der Waals surface area (Å²) >= 11 is 0. The molecular formula is C16H14F4N6O. The summed E-state index contributed by atoms with van der Waals surface area (Å²) in [4.78, 5) is 15.4. The lowest BCUT2D eigenvalue weighted by Crippen LogP contribution is -2.22. The van der Waals surface area contributed by atoms with E-state index in [0.29, 0.717) is 11.3 Å². The molecule has 0 spiro atoms. The number of nitrogens with one attached hydrogen (secondary N) is 2. The first-order valence-electron chi connectivity index (χ1n) is 7.66. The van der Waals surface area contributed by atoms with E-state index in [-0.39, 0.29) is 22.8 Å². The van der Waals surface area contributed by atoms with Gasteiger partial charge in [0, 0.05) is 11.8 Å². The highest BCUT2D eigenvalue weighted by Crippen LogP contribution is 2.25. The number of rotatable bonds is 5. The molecule has 0 bridgehead atoms. The van der Waals surface area contributed by atoms with Crippen LogP contribution in [0.3, 0.4) is 0 Å². The smallest absolute Gasteiger partial charge is 0.373 e. The van der Waals surface area contributed by atoms with Crippen LogP contribution in [0.5, 0.6) is 0 Å². The lowest BCUT2D eigenvalue weighted by atomic mass is 10.2. The van der Waals surface area contributed by atoms with E-state index in [0.717, 1.165) is 10.7 Å². The minimum absolute atomic E-state index is 0.00553. The first-order chi connectivity index (χ1) is 12.6. The number of nitrogens with zero attached hydrogens (tertiary/aromatic N) is 3. The summed E-state index contributed by atoms with van der Waals surface area (Å²) in [6.45, 7) is 0.367. The van der Waals surface area contributed by atoms with Crippen LogP contribution in [0.2, 0.25) is 0 Å². The molecule has 3 aromatic rings. The van der Waals surface area contributed by atoms with E-state index in [1.54, 1.807) is 13.0 Å². The maximum absolute atomic E-state index is 13.6. The number of fused-ring (bicyclic) bond motifs is 1. The van der Waals surface area contributed by atoms with Crippen LogP contribution in [0, 0.1) is 12.7 Å². The molecule has 1 aromatic carbocycles. The third-order valence-electron chi connectivity index (χ3n) is 3.51. The van der Waals surface area contributed by atoms with Gasteiger partial charge in [-0.15, -0.1) is 5.10 Å². The second kappa shape index (κ2) is 6.74. The van der Waals surface area contributed by atoms with Gasteiger partial charge < -0.3 is 16.4 Å². The molecule has 4 N–H and O–H groups in total. The molecule has 0 radical (unpaired) electrons. The molecule has 7 nitrogen and oxygen atoms in total. The van der Waals surface area contributed by atoms with E-state index in [2.05, 4.69) is 20.7 Å². The molecule has 0 aliphatic heterocycles. The molecule has 2 aromatic heterocycles. The van der Waals surface area contributed by atoms with E-state index in [1.807, 2.05) is 0 Å². The van der Waals surface area contributed by atoms with Crippen molar-refractivity contribution >= 4 is 28.7 Å². The van der Waals surface area contributed by atoms with E-state index in [1.165, 1.54) is 18.2 Å². The van der Waals surface area contributed by atoms with Gasteiger partial charge in [-0.3, -0.25) is 4.79 Å². The van der Waals surface area contributed by atoms with Gasteiger partial charge in [-0.1, -0.05) is 0 Å². The van der Waals surface area contributed by atoms with Crippen LogP contribution >= 0.6 is 0 Å². The van der Waals surface area contributed by atoms with Crippen molar-refractivity contribution in [1.29, 1.82) is 0 Å². The van der Waals surface area contributed by atoms with Crippen molar-refractivity contribution < 1.29 is 22.4 Å². The van der Waals surface area contributed by atoms with E-state index in [4.69, 9.17) is 5.73 Å². The van der Waals surface area contributed by atoms with Crippen molar-refractivity contribution in [2.75, 3.05) is 17.2 Å². The second-order valence-electron chi connectivity index (χ2n) is 5.80. The zero-order valence-electron chi connectivity index (χ0n) is 13.9. The highest BCUT2D eigenvalue weighted by Gasteiger charge is 2.27. The average Bonchev–Trinajstić information content (AvgIpc) is 2.95. The molecule has 2 heterocycles. The van der Waals surface area contributed by atoms with Gasteiger partial charge in [0.25, 0.3) is 5.91 Å². The van der Waals surface area contributed by atoms with Crippen LogP contribution in [0.1, 0.15) is 16.1 Å². The number of aromatic nitrogens is 3. The Morgan fingerprint density at radius 3 is 2.63 bits per heavy atom. The van der Waals surface area contributed by atoms with Crippen molar-refractivity contribution in [1.82, 2.24) is 14.6 Å². The first-order valence-corrected chi connectivity index (χ1v) is 7.66. The molecule has 0 saturated carbocycles. The van der Waals surface area contributed by atoms with Gasteiger partial charge in [-0.05, 0) is 30.7 Å². The lowest BCUT2D eigenvalue weighted by Gasteiger charge is -2.13. The quantitative estimate of drug-likeness (QED) is 0.590. The summed E-state index contributed by atoms with van der Waals surface area (Å²) in [7, 11) is 0. The maximum atomic E-state index is 13.6. The molecule has 27 heavy (non-hydrogen) atoms. The number of amides is 1. The summed E-state index contributed by atoms with van der Waals surface area (Å²) in [6.07, 6.45) is -3.35. The normalized spacial score (nSPS) is 11.6. The van der Waals surface area contributed by atoms with Crippen LogP contribution in [0.15, 0.2) is 30.5 Å². The first kappa shape index (κ1) is 18.4. The molecule has 3 rings (SSSR count). The van der Waals surface area contributed by atoms with Crippen LogP contribution in [0.4, 0.5) is 34.8 Å². The Balaban J connectivity index is 2.06. The number of carbonyl (C=O) groups excluding carboxylic acids is 1. The molecule has 0 aliphatic carbocycles. The van der Waals surface area contributed by atoms with Gasteiger partial charge in [0.1, 0.15) is 18.1 Å². The topological polar surface area (TPSA) is 97.3 Å². The van der Waals surface area contributed by atoms with Crippen LogP contribution < -0.4 is 16.4 Å². The van der Waals surface area contributed by atoms with E-state index >= 15 is 0 Å².